The molecule has 0 aromatic carbocycles. The summed E-state index contributed by atoms with van der Waals surface area (Å²) in [6.07, 6.45) is -4.11. The van der Waals surface area contributed by atoms with Crippen molar-refractivity contribution in [2.24, 2.45) is 0 Å². The summed E-state index contributed by atoms with van der Waals surface area (Å²) in [6, 6.07) is 0. The van der Waals surface area contributed by atoms with Gasteiger partial charge in [-0.2, -0.15) is 13.2 Å². The predicted octanol–water partition coefficient (Wildman–Crippen LogP) is 4.66. The Kier molecular flexibility index (Phi) is 9.84. The van der Waals surface area contributed by atoms with Crippen molar-refractivity contribution in [2.75, 3.05) is 6.61 Å². The number of halogens is 3. The van der Waals surface area contributed by atoms with Crippen LogP contribution in [0.2, 0.25) is 51.4 Å². The summed E-state index contributed by atoms with van der Waals surface area (Å²) in [4.78, 5) is 21.8. The number of ether oxygens (including phenoxy) is 1. The molecule has 0 aliphatic rings. The van der Waals surface area contributed by atoms with Gasteiger partial charge in [-0.15, -0.1) is 0 Å². The van der Waals surface area contributed by atoms with Crippen molar-refractivity contribution >= 4 is 37.1 Å². The second-order valence-electron chi connectivity index (χ2n) is 8.46. The summed E-state index contributed by atoms with van der Waals surface area (Å²) in [7, 11) is -7.40. The molecule has 1 N–H and O–H groups in total. The van der Waals surface area contributed by atoms with Gasteiger partial charge in [0.25, 0.3) is 0 Å². The summed E-state index contributed by atoms with van der Waals surface area (Å²) < 4.78 is 56.5. The van der Waals surface area contributed by atoms with E-state index in [0.717, 1.165) is 6.08 Å². The van der Waals surface area contributed by atoms with E-state index in [1.807, 2.05) is 32.7 Å². The average Bonchev–Trinajstić information content (AvgIpc) is 2.38. The van der Waals surface area contributed by atoms with Gasteiger partial charge in [0, 0.05) is 18.6 Å². The third-order valence-corrected chi connectivity index (χ3v) is 14.5. The Labute approximate surface area is 167 Å². The molecule has 28 heavy (non-hydrogen) atoms. The summed E-state index contributed by atoms with van der Waals surface area (Å²) >= 11 is 0. The fourth-order valence-electron chi connectivity index (χ4n) is 2.94. The molecule has 0 radical (unpaired) electrons. The van der Waals surface area contributed by atoms with Gasteiger partial charge < -0.3 is 18.1 Å². The maximum atomic E-state index is 13.1. The maximum absolute atomic E-state index is 13.1. The monoisotopic (exact) mass is 460 g/mol. The molecule has 0 amide bonds. The quantitative estimate of drug-likeness (QED) is 0.274. The number of aliphatic carboxylic acids is 1. The van der Waals surface area contributed by atoms with Gasteiger partial charge in [-0.3, -0.25) is 0 Å². The van der Waals surface area contributed by atoms with Crippen molar-refractivity contribution in [3.8, 4) is 0 Å². The van der Waals surface area contributed by atoms with Crippen molar-refractivity contribution in [2.45, 2.75) is 70.4 Å². The lowest BCUT2D eigenvalue weighted by Gasteiger charge is -2.41. The fraction of sp³-hybridized carbons (Fsp3) is 0.750. The molecular formula is C16H31F3O6Si3. The first-order chi connectivity index (χ1) is 12.3. The van der Waals surface area contributed by atoms with Crippen molar-refractivity contribution in [3.05, 3.63) is 12.2 Å². The Hall–Kier alpha value is -0.959. The molecule has 0 heterocycles. The zero-order valence-electron chi connectivity index (χ0n) is 17.5. The molecule has 0 aliphatic heterocycles. The van der Waals surface area contributed by atoms with Crippen LogP contribution in [0.15, 0.2) is 12.2 Å². The van der Waals surface area contributed by atoms with E-state index in [1.165, 1.54) is 0 Å². The van der Waals surface area contributed by atoms with Gasteiger partial charge in [0.05, 0.1) is 6.61 Å². The van der Waals surface area contributed by atoms with E-state index >= 15 is 0 Å². The topological polar surface area (TPSA) is 82.1 Å². The van der Waals surface area contributed by atoms with Crippen LogP contribution < -0.4 is 0 Å². The summed E-state index contributed by atoms with van der Waals surface area (Å²) in [5.74, 6) is -2.23. The highest BCUT2D eigenvalue weighted by atomic mass is 28.5. The average molecular weight is 461 g/mol. The molecular weight excluding hydrogens is 429 g/mol. The van der Waals surface area contributed by atoms with Crippen LogP contribution >= 0.6 is 0 Å². The van der Waals surface area contributed by atoms with E-state index in [-0.39, 0.29) is 13.0 Å². The first kappa shape index (κ1) is 27.0. The summed E-state index contributed by atoms with van der Waals surface area (Å²) in [5.41, 5.74) is -0.833. The van der Waals surface area contributed by atoms with Crippen LogP contribution in [0.4, 0.5) is 13.2 Å². The van der Waals surface area contributed by atoms with E-state index in [2.05, 4.69) is 0 Å². The minimum absolute atomic E-state index is 0.0250. The normalized spacial score (nSPS) is 14.9. The number of hydrogen-bond donors (Lipinski definition) is 1. The van der Waals surface area contributed by atoms with Crippen LogP contribution in [0.1, 0.15) is 12.8 Å². The van der Waals surface area contributed by atoms with Gasteiger partial charge in [0.2, 0.25) is 0 Å². The summed E-state index contributed by atoms with van der Waals surface area (Å²) in [5, 5.41) is 8.46. The molecule has 1 atom stereocenters. The number of alkyl halides is 3. The lowest BCUT2D eigenvalue weighted by Crippen LogP contribution is -2.53. The van der Waals surface area contributed by atoms with Crippen molar-refractivity contribution in [1.82, 2.24) is 0 Å². The van der Waals surface area contributed by atoms with Crippen LogP contribution in [-0.2, 0) is 22.6 Å². The molecule has 12 heteroatoms. The van der Waals surface area contributed by atoms with E-state index in [0.29, 0.717) is 6.08 Å². The highest BCUT2D eigenvalue weighted by Gasteiger charge is 2.46. The molecule has 0 spiro atoms. The van der Waals surface area contributed by atoms with Gasteiger partial charge >= 0.3 is 26.7 Å². The predicted molar refractivity (Wildman–Crippen MR) is 107 cm³/mol. The van der Waals surface area contributed by atoms with Gasteiger partial charge in [0.1, 0.15) is 0 Å². The molecule has 0 saturated carbocycles. The van der Waals surface area contributed by atoms with Crippen LogP contribution in [0.5, 0.6) is 0 Å². The number of carbonyl (C=O) groups excluding carboxylic acids is 1. The number of carboxylic acid groups (broad SMARTS) is 1. The lowest BCUT2D eigenvalue weighted by atomic mass is 10.2. The minimum atomic E-state index is -4.38. The van der Waals surface area contributed by atoms with E-state index in [9.17, 15) is 22.8 Å². The van der Waals surface area contributed by atoms with Crippen LogP contribution in [0.3, 0.4) is 0 Å². The van der Waals surface area contributed by atoms with Crippen LogP contribution in [0.25, 0.3) is 0 Å². The molecule has 0 bridgehead atoms. The molecule has 0 aromatic heterocycles. The van der Waals surface area contributed by atoms with E-state index in [4.69, 9.17) is 18.1 Å². The largest absolute Gasteiger partial charge is 0.478 e. The third-order valence-electron chi connectivity index (χ3n) is 3.59. The van der Waals surface area contributed by atoms with Gasteiger partial charge in [-0.05, 0) is 57.8 Å². The first-order valence-corrected chi connectivity index (χ1v) is 18.1. The maximum Gasteiger partial charge on any atom is 0.389 e. The highest BCUT2D eigenvalue weighted by Crippen LogP contribution is 2.39. The third kappa shape index (κ3) is 13.3. The Morgan fingerprint density at radius 3 is 1.96 bits per heavy atom. The molecule has 164 valence electrons. The zero-order chi connectivity index (χ0) is 22.4. The van der Waals surface area contributed by atoms with Gasteiger partial charge in [-0.1, -0.05) is 0 Å². The molecule has 0 rings (SSSR count). The van der Waals surface area contributed by atoms with E-state index < -0.39 is 55.3 Å². The second kappa shape index (κ2) is 10.2. The van der Waals surface area contributed by atoms with Gasteiger partial charge in [0.15, 0.2) is 16.6 Å². The van der Waals surface area contributed by atoms with E-state index in [1.54, 1.807) is 13.1 Å². The number of rotatable bonds is 11. The standard InChI is InChI=1S/C16H31F3O6Si3/c1-26(2,3)24-28(6,7)25-27(4,5)13(12-16(17,18)19)10-11-23-15(22)9-8-14(20)21/h8-9,13H,10-12H2,1-7H3,(H,20,21). The molecule has 6 nitrogen and oxygen atoms in total. The molecule has 1 unspecified atom stereocenters. The fourth-order valence-corrected chi connectivity index (χ4v) is 16.7. The molecule has 0 fully saturated rings. The zero-order valence-corrected chi connectivity index (χ0v) is 20.5. The second-order valence-corrected chi connectivity index (χ2v) is 21.1. The number of hydrogen-bond acceptors (Lipinski definition) is 5. The smallest absolute Gasteiger partial charge is 0.389 e. The van der Waals surface area contributed by atoms with Crippen molar-refractivity contribution in [3.63, 3.8) is 0 Å². The van der Waals surface area contributed by atoms with Crippen molar-refractivity contribution in [1.29, 1.82) is 0 Å². The first-order valence-electron chi connectivity index (χ1n) is 8.88. The number of esters is 1. The minimum Gasteiger partial charge on any atom is -0.478 e. The van der Waals surface area contributed by atoms with Crippen LogP contribution in [-0.4, -0.2) is 55.0 Å². The van der Waals surface area contributed by atoms with Crippen LogP contribution in [0, 0.1) is 0 Å². The molecule has 0 aromatic rings. The highest BCUT2D eigenvalue weighted by molar-refractivity contribution is 6.87. The molecule has 0 saturated heterocycles. The van der Waals surface area contributed by atoms with Gasteiger partial charge in [-0.25, -0.2) is 9.59 Å². The Morgan fingerprint density at radius 1 is 1.00 bits per heavy atom. The number of carbonyl (C=O) groups is 2. The van der Waals surface area contributed by atoms with Crippen molar-refractivity contribution < 1.29 is 40.8 Å². The Balaban J connectivity index is 5.16. The Morgan fingerprint density at radius 2 is 1.54 bits per heavy atom. The summed E-state index contributed by atoms with van der Waals surface area (Å²) in [6.45, 7) is 12.9. The number of carboxylic acids is 1. The Bertz CT molecular complexity index is 571. The molecule has 0 aliphatic carbocycles. The lowest BCUT2D eigenvalue weighted by molar-refractivity contribution is -0.141. The SMILES string of the molecule is C[Si](C)(C)O[Si](C)(C)O[Si](C)(C)C(CCOC(=O)C=CC(=O)O)CC(F)(F)F.